The van der Waals surface area contributed by atoms with Crippen molar-refractivity contribution in [3.8, 4) is 0 Å². The van der Waals surface area contributed by atoms with Crippen LogP contribution < -0.4 is 5.73 Å². The van der Waals surface area contributed by atoms with Crippen molar-refractivity contribution in [1.82, 2.24) is 0 Å². The van der Waals surface area contributed by atoms with Gasteiger partial charge in [-0.1, -0.05) is 39.8 Å². The normalized spacial score (nSPS) is 17.4. The van der Waals surface area contributed by atoms with Gasteiger partial charge >= 0.3 is 0 Å². The van der Waals surface area contributed by atoms with Gasteiger partial charge < -0.3 is 20.7 Å². The second-order valence-corrected chi connectivity index (χ2v) is 5.68. The molecule has 20 heavy (non-hydrogen) atoms. The molecule has 0 aliphatic heterocycles. The van der Waals surface area contributed by atoms with Gasteiger partial charge in [0.2, 0.25) is 0 Å². The van der Waals surface area contributed by atoms with E-state index in [4.69, 9.17) is 10.5 Å². The van der Waals surface area contributed by atoms with E-state index in [0.717, 1.165) is 6.42 Å². The van der Waals surface area contributed by atoms with E-state index in [1.165, 1.54) is 0 Å². The fourth-order valence-corrected chi connectivity index (χ4v) is 2.41. The molecular weight excluding hydrogens is 254 g/mol. The van der Waals surface area contributed by atoms with Crippen molar-refractivity contribution in [3.63, 3.8) is 0 Å². The Balaban J connectivity index is 4.60. The quantitative estimate of drug-likeness (QED) is 0.403. The standard InChI is InChI=1S/C16H33NO3/c1-5-16(19,6-2)20-15(9-11-18)14(4)12-13(3)8-7-10-17/h7-8,13-15,18-19H,5-6,9-12,17H2,1-4H3/b8-7-/t13?,14?,15-/m1/s1. The summed E-state index contributed by atoms with van der Waals surface area (Å²) >= 11 is 0. The maximum atomic E-state index is 10.3. The number of aliphatic hydroxyl groups is 2. The van der Waals surface area contributed by atoms with E-state index < -0.39 is 5.79 Å². The van der Waals surface area contributed by atoms with Crippen molar-refractivity contribution in [3.05, 3.63) is 12.2 Å². The topological polar surface area (TPSA) is 75.7 Å². The SMILES string of the molecule is CCC(O)(CC)O[C@H](CCO)C(C)CC(C)/C=C\CN. The molecule has 0 aromatic rings. The van der Waals surface area contributed by atoms with E-state index in [-0.39, 0.29) is 18.6 Å². The van der Waals surface area contributed by atoms with Gasteiger partial charge in [0.1, 0.15) is 0 Å². The van der Waals surface area contributed by atoms with E-state index in [1.54, 1.807) is 0 Å². The minimum Gasteiger partial charge on any atom is -0.396 e. The minimum absolute atomic E-state index is 0.0749. The van der Waals surface area contributed by atoms with Crippen LogP contribution in [0.25, 0.3) is 0 Å². The lowest BCUT2D eigenvalue weighted by Crippen LogP contribution is -2.39. The summed E-state index contributed by atoms with van der Waals surface area (Å²) in [6.07, 6.45) is 6.56. The van der Waals surface area contributed by atoms with Crippen molar-refractivity contribution in [1.29, 1.82) is 0 Å². The van der Waals surface area contributed by atoms with Gasteiger partial charge in [-0.25, -0.2) is 0 Å². The molecule has 0 fully saturated rings. The first-order valence-electron chi connectivity index (χ1n) is 7.80. The zero-order valence-corrected chi connectivity index (χ0v) is 13.5. The lowest BCUT2D eigenvalue weighted by atomic mass is 9.90. The van der Waals surface area contributed by atoms with Gasteiger partial charge in [0, 0.05) is 13.2 Å². The van der Waals surface area contributed by atoms with Gasteiger partial charge in [-0.3, -0.25) is 0 Å². The molecule has 0 heterocycles. The van der Waals surface area contributed by atoms with E-state index in [2.05, 4.69) is 19.9 Å². The van der Waals surface area contributed by atoms with Crippen LogP contribution in [0.15, 0.2) is 12.2 Å². The molecule has 4 nitrogen and oxygen atoms in total. The van der Waals surface area contributed by atoms with Crippen LogP contribution in [0, 0.1) is 11.8 Å². The van der Waals surface area contributed by atoms with Crippen LogP contribution in [0.3, 0.4) is 0 Å². The third-order valence-corrected chi connectivity index (χ3v) is 3.87. The first-order valence-corrected chi connectivity index (χ1v) is 7.80. The highest BCUT2D eigenvalue weighted by Crippen LogP contribution is 2.27. The number of hydrogen-bond acceptors (Lipinski definition) is 4. The fourth-order valence-electron chi connectivity index (χ4n) is 2.41. The van der Waals surface area contributed by atoms with Crippen molar-refractivity contribution in [2.45, 2.75) is 65.3 Å². The van der Waals surface area contributed by atoms with E-state index in [9.17, 15) is 10.2 Å². The van der Waals surface area contributed by atoms with Crippen molar-refractivity contribution >= 4 is 0 Å². The highest BCUT2D eigenvalue weighted by Gasteiger charge is 2.30. The molecule has 4 heteroatoms. The molecular formula is C16H33NO3. The summed E-state index contributed by atoms with van der Waals surface area (Å²) in [6, 6.07) is 0. The average molecular weight is 287 g/mol. The van der Waals surface area contributed by atoms with Gasteiger partial charge in [0.25, 0.3) is 0 Å². The largest absolute Gasteiger partial charge is 0.396 e. The fraction of sp³-hybridized carbons (Fsp3) is 0.875. The predicted molar refractivity (Wildman–Crippen MR) is 83.2 cm³/mol. The molecule has 2 unspecified atom stereocenters. The Kier molecular flexibility index (Phi) is 10.1. The van der Waals surface area contributed by atoms with Crippen molar-refractivity contribution in [2.24, 2.45) is 17.6 Å². The summed E-state index contributed by atoms with van der Waals surface area (Å²) in [5.41, 5.74) is 5.46. The second kappa shape index (κ2) is 10.3. The summed E-state index contributed by atoms with van der Waals surface area (Å²) in [4.78, 5) is 0. The predicted octanol–water partition coefficient (Wildman–Crippen LogP) is 2.44. The molecule has 0 rings (SSSR count). The molecule has 4 N–H and O–H groups in total. The minimum atomic E-state index is -1.08. The zero-order chi connectivity index (χ0) is 15.6. The number of rotatable bonds is 11. The molecule has 3 atom stereocenters. The summed E-state index contributed by atoms with van der Waals surface area (Å²) in [5, 5.41) is 19.5. The van der Waals surface area contributed by atoms with Gasteiger partial charge in [-0.2, -0.15) is 0 Å². The molecule has 0 aliphatic rings. The monoisotopic (exact) mass is 287 g/mol. The second-order valence-electron chi connectivity index (χ2n) is 5.68. The van der Waals surface area contributed by atoms with Crippen LogP contribution >= 0.6 is 0 Å². The van der Waals surface area contributed by atoms with Crippen LogP contribution in [0.4, 0.5) is 0 Å². The van der Waals surface area contributed by atoms with Crippen LogP contribution in [-0.4, -0.2) is 35.3 Å². The maximum Gasteiger partial charge on any atom is 0.165 e. The highest BCUT2D eigenvalue weighted by molar-refractivity contribution is 4.88. The third-order valence-electron chi connectivity index (χ3n) is 3.87. The Hall–Kier alpha value is -0.420. The Morgan fingerprint density at radius 3 is 2.30 bits per heavy atom. The molecule has 0 radical (unpaired) electrons. The summed E-state index contributed by atoms with van der Waals surface area (Å²) in [7, 11) is 0. The van der Waals surface area contributed by atoms with Gasteiger partial charge in [0.05, 0.1) is 6.10 Å². The zero-order valence-electron chi connectivity index (χ0n) is 13.5. The van der Waals surface area contributed by atoms with Crippen LogP contribution in [0.5, 0.6) is 0 Å². The van der Waals surface area contributed by atoms with E-state index >= 15 is 0 Å². The van der Waals surface area contributed by atoms with Gasteiger partial charge in [-0.05, 0) is 37.5 Å². The van der Waals surface area contributed by atoms with E-state index in [1.807, 2.05) is 19.9 Å². The van der Waals surface area contributed by atoms with Gasteiger partial charge in [-0.15, -0.1) is 0 Å². The molecule has 0 aromatic heterocycles. The first kappa shape index (κ1) is 19.6. The molecule has 0 spiro atoms. The third kappa shape index (κ3) is 7.39. The molecule has 0 amide bonds. The first-order chi connectivity index (χ1) is 9.42. The van der Waals surface area contributed by atoms with Crippen LogP contribution in [0.2, 0.25) is 0 Å². The molecule has 0 bridgehead atoms. The number of aliphatic hydroxyl groups excluding tert-OH is 1. The number of hydrogen-bond donors (Lipinski definition) is 3. The Morgan fingerprint density at radius 2 is 1.85 bits per heavy atom. The Morgan fingerprint density at radius 1 is 1.25 bits per heavy atom. The highest BCUT2D eigenvalue weighted by atomic mass is 16.6. The average Bonchev–Trinajstić information content (AvgIpc) is 2.44. The Bertz CT molecular complexity index is 264. The molecule has 0 aromatic carbocycles. The van der Waals surface area contributed by atoms with Crippen molar-refractivity contribution < 1.29 is 14.9 Å². The Labute approximate surface area is 124 Å². The number of ether oxygens (including phenoxy) is 1. The molecule has 0 saturated heterocycles. The lowest BCUT2D eigenvalue weighted by Gasteiger charge is -2.34. The number of allylic oxidation sites excluding steroid dienone is 1. The van der Waals surface area contributed by atoms with Gasteiger partial charge in [0.15, 0.2) is 5.79 Å². The summed E-state index contributed by atoms with van der Waals surface area (Å²) in [5.74, 6) is -0.399. The molecule has 120 valence electrons. The smallest absolute Gasteiger partial charge is 0.165 e. The van der Waals surface area contributed by atoms with E-state index in [0.29, 0.717) is 31.7 Å². The van der Waals surface area contributed by atoms with Crippen LogP contribution in [0.1, 0.15) is 53.4 Å². The maximum absolute atomic E-state index is 10.3. The van der Waals surface area contributed by atoms with Crippen LogP contribution in [-0.2, 0) is 4.74 Å². The summed E-state index contributed by atoms with van der Waals surface area (Å²) in [6.45, 7) is 8.71. The lowest BCUT2D eigenvalue weighted by molar-refractivity contribution is -0.244. The number of nitrogens with two attached hydrogens (primary N) is 1. The molecule has 0 aliphatic carbocycles. The summed E-state index contributed by atoms with van der Waals surface area (Å²) < 4.78 is 5.89. The van der Waals surface area contributed by atoms with Crippen molar-refractivity contribution in [2.75, 3.05) is 13.2 Å². The molecule has 0 saturated carbocycles.